The van der Waals surface area contributed by atoms with Crippen molar-refractivity contribution in [1.82, 2.24) is 4.98 Å². The maximum atomic E-state index is 5.59. The highest BCUT2D eigenvalue weighted by Gasteiger charge is 2.05. The van der Waals surface area contributed by atoms with Crippen molar-refractivity contribution in [2.24, 2.45) is 5.73 Å². The van der Waals surface area contributed by atoms with Gasteiger partial charge in [-0.2, -0.15) is 0 Å². The van der Waals surface area contributed by atoms with E-state index in [0.717, 1.165) is 16.9 Å². The first-order valence-corrected chi connectivity index (χ1v) is 6.17. The Kier molecular flexibility index (Phi) is 3.95. The minimum absolute atomic E-state index is 0.263. The molecule has 1 heterocycles. The summed E-state index contributed by atoms with van der Waals surface area (Å²) in [6, 6.07) is 12.7. The van der Waals surface area contributed by atoms with Gasteiger partial charge in [0, 0.05) is 30.2 Å². The fourth-order valence-corrected chi connectivity index (χ4v) is 1.91. The van der Waals surface area contributed by atoms with E-state index in [2.05, 4.69) is 41.5 Å². The molecule has 0 spiro atoms. The van der Waals surface area contributed by atoms with E-state index >= 15 is 0 Å². The summed E-state index contributed by atoms with van der Waals surface area (Å²) >= 11 is 0. The predicted octanol–water partition coefficient (Wildman–Crippen LogP) is 3.02. The van der Waals surface area contributed by atoms with Crippen molar-refractivity contribution in [3.8, 4) is 0 Å². The van der Waals surface area contributed by atoms with E-state index in [1.165, 1.54) is 5.56 Å². The molecule has 2 aromatic rings. The first kappa shape index (κ1) is 12.6. The minimum atomic E-state index is 0.263. The second-order valence-electron chi connectivity index (χ2n) is 4.50. The molecule has 0 amide bonds. The van der Waals surface area contributed by atoms with E-state index in [-0.39, 0.29) is 6.04 Å². The van der Waals surface area contributed by atoms with Crippen molar-refractivity contribution in [2.75, 3.05) is 5.32 Å². The van der Waals surface area contributed by atoms with E-state index in [9.17, 15) is 0 Å². The lowest BCUT2D eigenvalue weighted by Gasteiger charge is -2.16. The van der Waals surface area contributed by atoms with Crippen molar-refractivity contribution in [3.63, 3.8) is 0 Å². The smallest absolute Gasteiger partial charge is 0.0485 e. The van der Waals surface area contributed by atoms with E-state index in [4.69, 9.17) is 5.73 Å². The molecule has 0 aliphatic carbocycles. The van der Waals surface area contributed by atoms with E-state index in [0.29, 0.717) is 6.54 Å². The number of nitrogens with zero attached hydrogens (tertiary/aromatic N) is 1. The topological polar surface area (TPSA) is 50.9 Å². The highest BCUT2D eigenvalue weighted by Crippen LogP contribution is 2.19. The summed E-state index contributed by atoms with van der Waals surface area (Å²) in [5, 5.41) is 3.47. The summed E-state index contributed by atoms with van der Waals surface area (Å²) in [6.07, 6.45) is 1.82. The Hall–Kier alpha value is -1.87. The van der Waals surface area contributed by atoms with Gasteiger partial charge >= 0.3 is 0 Å². The third-order valence-electron chi connectivity index (χ3n) is 3.00. The number of aryl methyl sites for hydroxylation is 1. The maximum Gasteiger partial charge on any atom is 0.0485 e. The highest BCUT2D eigenvalue weighted by molar-refractivity contribution is 5.45. The number of nitrogens with two attached hydrogens (primary N) is 1. The lowest BCUT2D eigenvalue weighted by molar-refractivity contribution is 0.880. The van der Waals surface area contributed by atoms with Crippen LogP contribution < -0.4 is 11.1 Å². The standard InChI is InChI=1S/C15H19N3/c1-11-9-15(7-8-17-11)18-12(2)14-5-3-13(10-16)4-6-14/h3-9,12H,10,16H2,1-2H3,(H,17,18). The third kappa shape index (κ3) is 3.08. The average molecular weight is 241 g/mol. The molecule has 1 unspecified atom stereocenters. The molecule has 0 saturated carbocycles. The molecular formula is C15H19N3. The summed E-state index contributed by atoms with van der Waals surface area (Å²) in [4.78, 5) is 4.19. The Balaban J connectivity index is 2.09. The molecule has 0 bridgehead atoms. The third-order valence-corrected chi connectivity index (χ3v) is 3.00. The predicted molar refractivity (Wildman–Crippen MR) is 75.3 cm³/mol. The van der Waals surface area contributed by atoms with Gasteiger partial charge in [0.05, 0.1) is 0 Å². The number of benzene rings is 1. The first-order chi connectivity index (χ1) is 8.69. The van der Waals surface area contributed by atoms with Crippen LogP contribution in [0.1, 0.15) is 29.8 Å². The number of rotatable bonds is 4. The molecule has 0 fully saturated rings. The zero-order valence-electron chi connectivity index (χ0n) is 10.9. The van der Waals surface area contributed by atoms with Crippen molar-refractivity contribution >= 4 is 5.69 Å². The minimum Gasteiger partial charge on any atom is -0.378 e. The van der Waals surface area contributed by atoms with Gasteiger partial charge in [0.2, 0.25) is 0 Å². The number of hydrogen-bond acceptors (Lipinski definition) is 3. The molecule has 1 atom stereocenters. The molecule has 3 nitrogen and oxygen atoms in total. The largest absolute Gasteiger partial charge is 0.378 e. The molecule has 94 valence electrons. The second kappa shape index (κ2) is 5.65. The number of aromatic nitrogens is 1. The summed E-state index contributed by atoms with van der Waals surface area (Å²) < 4.78 is 0. The van der Waals surface area contributed by atoms with Gasteiger partial charge in [-0.1, -0.05) is 24.3 Å². The number of hydrogen-bond donors (Lipinski definition) is 2. The fraction of sp³-hybridized carbons (Fsp3) is 0.267. The summed E-state index contributed by atoms with van der Waals surface area (Å²) in [5.41, 5.74) is 10.1. The van der Waals surface area contributed by atoms with Crippen LogP contribution in [0.4, 0.5) is 5.69 Å². The van der Waals surface area contributed by atoms with Gasteiger partial charge in [0.1, 0.15) is 0 Å². The van der Waals surface area contributed by atoms with Crippen LogP contribution in [0.25, 0.3) is 0 Å². The Labute approximate surface area is 108 Å². The Morgan fingerprint density at radius 3 is 2.56 bits per heavy atom. The fourth-order valence-electron chi connectivity index (χ4n) is 1.91. The van der Waals surface area contributed by atoms with Crippen LogP contribution in [-0.4, -0.2) is 4.98 Å². The summed E-state index contributed by atoms with van der Waals surface area (Å²) in [6.45, 7) is 4.73. The molecule has 3 N–H and O–H groups in total. The zero-order chi connectivity index (χ0) is 13.0. The molecule has 0 aliphatic heterocycles. The first-order valence-electron chi connectivity index (χ1n) is 6.17. The summed E-state index contributed by atoms with van der Waals surface area (Å²) in [5.74, 6) is 0. The molecule has 3 heteroatoms. The van der Waals surface area contributed by atoms with Crippen LogP contribution in [-0.2, 0) is 6.54 Å². The van der Waals surface area contributed by atoms with Gasteiger partial charge in [-0.25, -0.2) is 0 Å². The maximum absolute atomic E-state index is 5.59. The monoisotopic (exact) mass is 241 g/mol. The van der Waals surface area contributed by atoms with Crippen molar-refractivity contribution in [2.45, 2.75) is 26.4 Å². The van der Waals surface area contributed by atoms with E-state index < -0.39 is 0 Å². The van der Waals surface area contributed by atoms with E-state index in [1.807, 2.05) is 25.3 Å². The molecule has 0 aliphatic rings. The molecule has 18 heavy (non-hydrogen) atoms. The highest BCUT2D eigenvalue weighted by atomic mass is 14.9. The number of nitrogens with one attached hydrogen (secondary N) is 1. The Bertz CT molecular complexity index is 505. The van der Waals surface area contributed by atoms with Crippen LogP contribution in [0, 0.1) is 6.92 Å². The van der Waals surface area contributed by atoms with Gasteiger partial charge in [0.25, 0.3) is 0 Å². The molecule has 1 aromatic carbocycles. The quantitative estimate of drug-likeness (QED) is 0.865. The number of pyridine rings is 1. The van der Waals surface area contributed by atoms with Crippen LogP contribution in [0.5, 0.6) is 0 Å². The normalized spacial score (nSPS) is 12.2. The lowest BCUT2D eigenvalue weighted by Crippen LogP contribution is -2.07. The van der Waals surface area contributed by atoms with Crippen LogP contribution in [0.2, 0.25) is 0 Å². The molecule has 2 rings (SSSR count). The average Bonchev–Trinajstić information content (AvgIpc) is 2.39. The van der Waals surface area contributed by atoms with Crippen molar-refractivity contribution in [3.05, 3.63) is 59.4 Å². The van der Waals surface area contributed by atoms with Crippen molar-refractivity contribution in [1.29, 1.82) is 0 Å². The molecular weight excluding hydrogens is 222 g/mol. The molecule has 0 radical (unpaired) electrons. The second-order valence-corrected chi connectivity index (χ2v) is 4.50. The van der Waals surface area contributed by atoms with Crippen molar-refractivity contribution < 1.29 is 0 Å². The lowest BCUT2D eigenvalue weighted by atomic mass is 10.1. The Morgan fingerprint density at radius 2 is 1.94 bits per heavy atom. The molecule has 0 saturated heterocycles. The van der Waals surface area contributed by atoms with Gasteiger partial charge in [-0.05, 0) is 37.1 Å². The van der Waals surface area contributed by atoms with E-state index in [1.54, 1.807) is 0 Å². The van der Waals surface area contributed by atoms with Gasteiger partial charge < -0.3 is 11.1 Å². The van der Waals surface area contributed by atoms with Gasteiger partial charge in [-0.15, -0.1) is 0 Å². The van der Waals surface area contributed by atoms with Crippen LogP contribution in [0.3, 0.4) is 0 Å². The van der Waals surface area contributed by atoms with Crippen LogP contribution in [0.15, 0.2) is 42.6 Å². The zero-order valence-corrected chi connectivity index (χ0v) is 10.9. The number of anilines is 1. The Morgan fingerprint density at radius 1 is 1.22 bits per heavy atom. The van der Waals surface area contributed by atoms with Crippen LogP contribution >= 0.6 is 0 Å². The SMILES string of the molecule is Cc1cc(NC(C)c2ccc(CN)cc2)ccn1. The van der Waals surface area contributed by atoms with Gasteiger partial charge in [-0.3, -0.25) is 4.98 Å². The molecule has 1 aromatic heterocycles. The summed E-state index contributed by atoms with van der Waals surface area (Å²) in [7, 11) is 0. The van der Waals surface area contributed by atoms with Gasteiger partial charge in [0.15, 0.2) is 0 Å².